The first-order valence-electron chi connectivity index (χ1n) is 9.07. The molecule has 1 aromatic rings. The van der Waals surface area contributed by atoms with E-state index in [2.05, 4.69) is 34.6 Å². The largest absolute Gasteiger partial charge is 0.379 e. The van der Waals surface area contributed by atoms with E-state index >= 15 is 0 Å². The van der Waals surface area contributed by atoms with E-state index in [0.717, 1.165) is 44.8 Å². The Bertz CT molecular complexity index is 608. The maximum atomic E-state index is 11.7. The van der Waals surface area contributed by atoms with E-state index in [1.54, 1.807) is 0 Å². The molecule has 1 aromatic carbocycles. The summed E-state index contributed by atoms with van der Waals surface area (Å²) in [5.74, 6) is -0.960. The molecule has 0 atom stereocenters. The second-order valence-corrected chi connectivity index (χ2v) is 6.58. The minimum Gasteiger partial charge on any atom is -0.379 e. The molecule has 2 N–H and O–H groups in total. The number of amides is 2. The molecule has 0 spiro atoms. The van der Waals surface area contributed by atoms with Crippen LogP contribution in [0.3, 0.4) is 0 Å². The van der Waals surface area contributed by atoms with Gasteiger partial charge in [0.2, 0.25) is 0 Å². The Morgan fingerprint density at radius 3 is 2.54 bits per heavy atom. The average molecular weight is 360 g/mol. The molecule has 0 saturated carbocycles. The quantitative estimate of drug-likeness (QED) is 0.330. The monoisotopic (exact) mass is 360 g/mol. The maximum absolute atomic E-state index is 11.7. The summed E-state index contributed by atoms with van der Waals surface area (Å²) in [6, 6.07) is 7.90. The van der Waals surface area contributed by atoms with Gasteiger partial charge in [0.15, 0.2) is 0 Å². The van der Waals surface area contributed by atoms with E-state index < -0.39 is 11.8 Å². The Morgan fingerprint density at radius 2 is 1.88 bits per heavy atom. The van der Waals surface area contributed by atoms with Crippen molar-refractivity contribution in [2.24, 2.45) is 5.10 Å². The highest BCUT2D eigenvalue weighted by molar-refractivity contribution is 6.35. The van der Waals surface area contributed by atoms with Crippen molar-refractivity contribution >= 4 is 18.0 Å². The fourth-order valence-corrected chi connectivity index (χ4v) is 2.59. The van der Waals surface area contributed by atoms with Gasteiger partial charge in [-0.05, 0) is 30.0 Å². The number of hydrazone groups is 1. The van der Waals surface area contributed by atoms with Crippen molar-refractivity contribution in [2.75, 3.05) is 39.4 Å². The third-order valence-corrected chi connectivity index (χ3v) is 4.23. The van der Waals surface area contributed by atoms with Gasteiger partial charge >= 0.3 is 11.8 Å². The average Bonchev–Trinajstić information content (AvgIpc) is 2.66. The summed E-state index contributed by atoms with van der Waals surface area (Å²) in [5.41, 5.74) is 4.35. The first-order chi connectivity index (χ1) is 12.6. The summed E-state index contributed by atoms with van der Waals surface area (Å²) in [7, 11) is 0. The molecule has 2 rings (SSSR count). The number of benzene rings is 1. The summed E-state index contributed by atoms with van der Waals surface area (Å²) in [5, 5.41) is 6.44. The summed E-state index contributed by atoms with van der Waals surface area (Å²) in [6.07, 6.45) is 2.32. The van der Waals surface area contributed by atoms with Gasteiger partial charge in [-0.2, -0.15) is 5.10 Å². The Hall–Kier alpha value is -2.25. The van der Waals surface area contributed by atoms with Crippen LogP contribution in [0.2, 0.25) is 0 Å². The highest BCUT2D eigenvalue weighted by atomic mass is 16.5. The summed E-state index contributed by atoms with van der Waals surface area (Å²) in [6.45, 7) is 8.95. The number of nitrogens with one attached hydrogen (secondary N) is 2. The molecule has 0 bridgehead atoms. The summed E-state index contributed by atoms with van der Waals surface area (Å²) in [4.78, 5) is 25.7. The Balaban J connectivity index is 1.64. The van der Waals surface area contributed by atoms with E-state index in [9.17, 15) is 9.59 Å². The molecular weight excluding hydrogens is 332 g/mol. The molecule has 142 valence electrons. The minimum atomic E-state index is -0.758. The SMILES string of the molecule is CC(C)c1ccc(C=NNC(=O)C(=O)NCCCN2CCOCC2)cc1. The lowest BCUT2D eigenvalue weighted by Gasteiger charge is -2.26. The van der Waals surface area contributed by atoms with E-state index in [1.165, 1.54) is 11.8 Å². The second kappa shape index (κ2) is 10.7. The van der Waals surface area contributed by atoms with Crippen molar-refractivity contribution in [3.63, 3.8) is 0 Å². The molecule has 1 saturated heterocycles. The molecule has 7 nitrogen and oxygen atoms in total. The van der Waals surface area contributed by atoms with E-state index in [4.69, 9.17) is 4.74 Å². The number of carbonyl (C=O) groups is 2. The van der Waals surface area contributed by atoms with Crippen molar-refractivity contribution in [3.05, 3.63) is 35.4 Å². The smallest absolute Gasteiger partial charge is 0.329 e. The van der Waals surface area contributed by atoms with Gasteiger partial charge in [-0.3, -0.25) is 14.5 Å². The van der Waals surface area contributed by atoms with Crippen LogP contribution in [0.25, 0.3) is 0 Å². The molecule has 1 aliphatic rings. The van der Waals surface area contributed by atoms with Crippen LogP contribution in [-0.2, 0) is 14.3 Å². The lowest BCUT2D eigenvalue weighted by atomic mass is 10.0. The van der Waals surface area contributed by atoms with Crippen LogP contribution >= 0.6 is 0 Å². The number of hydrogen-bond acceptors (Lipinski definition) is 5. The van der Waals surface area contributed by atoms with Crippen molar-refractivity contribution in [2.45, 2.75) is 26.2 Å². The fourth-order valence-electron chi connectivity index (χ4n) is 2.59. The highest BCUT2D eigenvalue weighted by Crippen LogP contribution is 2.13. The molecule has 0 radical (unpaired) electrons. The summed E-state index contributed by atoms with van der Waals surface area (Å²) >= 11 is 0. The zero-order valence-corrected chi connectivity index (χ0v) is 15.5. The summed E-state index contributed by atoms with van der Waals surface area (Å²) < 4.78 is 5.28. The van der Waals surface area contributed by atoms with Crippen LogP contribution < -0.4 is 10.7 Å². The molecular formula is C19H28N4O3. The second-order valence-electron chi connectivity index (χ2n) is 6.58. The zero-order chi connectivity index (χ0) is 18.8. The van der Waals surface area contributed by atoms with E-state index in [1.807, 2.05) is 24.3 Å². The van der Waals surface area contributed by atoms with Crippen molar-refractivity contribution in [1.29, 1.82) is 0 Å². The van der Waals surface area contributed by atoms with Crippen molar-refractivity contribution in [3.8, 4) is 0 Å². The highest BCUT2D eigenvalue weighted by Gasteiger charge is 2.13. The van der Waals surface area contributed by atoms with E-state index in [-0.39, 0.29) is 0 Å². The Morgan fingerprint density at radius 1 is 1.19 bits per heavy atom. The number of rotatable bonds is 7. The number of ether oxygens (including phenoxy) is 1. The van der Waals surface area contributed by atoms with Crippen LogP contribution in [0.1, 0.15) is 37.3 Å². The van der Waals surface area contributed by atoms with Gasteiger partial charge in [0.05, 0.1) is 19.4 Å². The van der Waals surface area contributed by atoms with Gasteiger partial charge in [0, 0.05) is 19.6 Å². The van der Waals surface area contributed by atoms with Gasteiger partial charge in [-0.1, -0.05) is 38.1 Å². The molecule has 0 aliphatic carbocycles. The topological polar surface area (TPSA) is 83.0 Å². The third-order valence-electron chi connectivity index (χ3n) is 4.23. The first kappa shape index (κ1) is 20.1. The number of carbonyl (C=O) groups excluding carboxylic acids is 2. The van der Waals surface area contributed by atoms with Crippen LogP contribution in [0.5, 0.6) is 0 Å². The van der Waals surface area contributed by atoms with Gasteiger partial charge in [-0.25, -0.2) is 5.43 Å². The predicted octanol–water partition coefficient (Wildman–Crippen LogP) is 1.10. The van der Waals surface area contributed by atoms with Crippen LogP contribution in [-0.4, -0.2) is 62.3 Å². The third kappa shape index (κ3) is 6.93. The fraction of sp³-hybridized carbons (Fsp3) is 0.526. The molecule has 26 heavy (non-hydrogen) atoms. The van der Waals surface area contributed by atoms with E-state index in [0.29, 0.717) is 12.5 Å². The maximum Gasteiger partial charge on any atom is 0.329 e. The molecule has 2 amide bonds. The number of hydrogen-bond donors (Lipinski definition) is 2. The van der Waals surface area contributed by atoms with Gasteiger partial charge in [0.25, 0.3) is 0 Å². The van der Waals surface area contributed by atoms with Crippen molar-refractivity contribution in [1.82, 2.24) is 15.6 Å². The van der Waals surface area contributed by atoms with Crippen LogP contribution in [0, 0.1) is 0 Å². The van der Waals surface area contributed by atoms with Gasteiger partial charge < -0.3 is 10.1 Å². The van der Waals surface area contributed by atoms with Crippen LogP contribution in [0.4, 0.5) is 0 Å². The van der Waals surface area contributed by atoms with Gasteiger partial charge in [-0.15, -0.1) is 0 Å². The van der Waals surface area contributed by atoms with Crippen LogP contribution in [0.15, 0.2) is 29.4 Å². The lowest BCUT2D eigenvalue weighted by molar-refractivity contribution is -0.139. The number of morpholine rings is 1. The normalized spacial score (nSPS) is 15.3. The standard InChI is InChI=1S/C19H28N4O3/c1-15(2)17-6-4-16(5-7-17)14-21-22-19(25)18(24)20-8-3-9-23-10-12-26-13-11-23/h4-7,14-15H,3,8-13H2,1-2H3,(H,20,24)(H,22,25). The molecule has 1 fully saturated rings. The molecule has 7 heteroatoms. The Labute approximate surface area is 154 Å². The molecule has 0 unspecified atom stereocenters. The molecule has 1 aliphatic heterocycles. The molecule has 0 aromatic heterocycles. The first-order valence-corrected chi connectivity index (χ1v) is 9.07. The Kier molecular flexibility index (Phi) is 8.24. The van der Waals surface area contributed by atoms with Crippen molar-refractivity contribution < 1.29 is 14.3 Å². The van der Waals surface area contributed by atoms with Gasteiger partial charge in [0.1, 0.15) is 0 Å². The zero-order valence-electron chi connectivity index (χ0n) is 15.5. The molecule has 1 heterocycles. The minimum absolute atomic E-state index is 0.462. The predicted molar refractivity (Wildman–Crippen MR) is 101 cm³/mol. The number of nitrogens with zero attached hydrogens (tertiary/aromatic N) is 2. The lowest BCUT2D eigenvalue weighted by Crippen LogP contribution is -2.40.